The van der Waals surface area contributed by atoms with E-state index in [1.807, 2.05) is 44.2 Å². The van der Waals surface area contributed by atoms with E-state index in [2.05, 4.69) is 22.1 Å². The maximum atomic E-state index is 13.6. The van der Waals surface area contributed by atoms with Crippen molar-refractivity contribution < 1.29 is 19.4 Å². The van der Waals surface area contributed by atoms with Crippen molar-refractivity contribution in [1.82, 2.24) is 14.8 Å². The molecule has 1 aromatic carbocycles. The van der Waals surface area contributed by atoms with Crippen molar-refractivity contribution in [2.75, 3.05) is 32.1 Å². The van der Waals surface area contributed by atoms with Gasteiger partial charge in [-0.25, -0.2) is 9.78 Å². The van der Waals surface area contributed by atoms with Crippen LogP contribution in [0.2, 0.25) is 0 Å². The van der Waals surface area contributed by atoms with E-state index in [0.29, 0.717) is 35.8 Å². The normalized spacial score (nSPS) is 20.5. The van der Waals surface area contributed by atoms with Gasteiger partial charge in [0.25, 0.3) is 5.91 Å². The second-order valence-corrected chi connectivity index (χ2v) is 10.1. The average molecular weight is 505 g/mol. The molecule has 0 unspecified atom stereocenters. The fourth-order valence-electron chi connectivity index (χ4n) is 4.74. The first-order valence-corrected chi connectivity index (χ1v) is 13.0. The number of pyridine rings is 1. The highest BCUT2D eigenvalue weighted by Crippen LogP contribution is 2.28. The molecule has 3 amide bonds. The second kappa shape index (κ2) is 12.1. The summed E-state index contributed by atoms with van der Waals surface area (Å²) in [6, 6.07) is 10.4. The molecule has 2 N–H and O–H groups in total. The number of fused-ring (bicyclic) bond motifs is 1. The summed E-state index contributed by atoms with van der Waals surface area (Å²) >= 11 is 0. The van der Waals surface area contributed by atoms with Crippen molar-refractivity contribution in [3.8, 4) is 17.7 Å². The molecular formula is C29H36N4O4. The molecule has 1 aliphatic carbocycles. The van der Waals surface area contributed by atoms with Gasteiger partial charge in [0.15, 0.2) is 0 Å². The van der Waals surface area contributed by atoms with Crippen molar-refractivity contribution >= 4 is 17.6 Å². The quantitative estimate of drug-likeness (QED) is 0.600. The van der Waals surface area contributed by atoms with E-state index >= 15 is 0 Å². The Morgan fingerprint density at radius 1 is 1.30 bits per heavy atom. The summed E-state index contributed by atoms with van der Waals surface area (Å²) in [5.74, 6) is 6.76. The lowest BCUT2D eigenvalue weighted by Crippen LogP contribution is -2.50. The van der Waals surface area contributed by atoms with Crippen molar-refractivity contribution in [2.24, 2.45) is 11.8 Å². The number of ether oxygens (including phenoxy) is 1. The fourth-order valence-corrected chi connectivity index (χ4v) is 4.74. The first-order valence-electron chi connectivity index (χ1n) is 13.0. The van der Waals surface area contributed by atoms with E-state index in [1.165, 1.54) is 12.8 Å². The highest BCUT2D eigenvalue weighted by molar-refractivity contribution is 5.97. The number of anilines is 1. The maximum absolute atomic E-state index is 13.6. The Labute approximate surface area is 219 Å². The summed E-state index contributed by atoms with van der Waals surface area (Å²) < 4.78 is 6.29. The number of amides is 3. The predicted octanol–water partition coefficient (Wildman–Crippen LogP) is 4.01. The summed E-state index contributed by atoms with van der Waals surface area (Å²) in [4.78, 5) is 34.1. The highest BCUT2D eigenvalue weighted by Gasteiger charge is 2.34. The lowest BCUT2D eigenvalue weighted by molar-refractivity contribution is 0.0356. The van der Waals surface area contributed by atoms with Gasteiger partial charge in [0.1, 0.15) is 11.7 Å². The standard InChI is InChI=1S/C29H36N4O4/c1-20-17-33(21(2)19-34)28(35)25-15-23(14-13-22-9-7-8-10-22)16-30-27(25)37-26(20)18-32(3)29(36)31-24-11-5-4-6-12-24/h4-6,11-12,15-16,20-22,26,34H,7-10,17-19H2,1-3H3,(H,31,36)/t20-,21+,26+/m1/s1. The smallest absolute Gasteiger partial charge is 0.321 e. The number of nitrogens with zero attached hydrogens (tertiary/aromatic N) is 3. The molecular weight excluding hydrogens is 468 g/mol. The number of benzene rings is 1. The van der Waals surface area contributed by atoms with Crippen molar-refractivity contribution in [3.05, 3.63) is 53.7 Å². The van der Waals surface area contributed by atoms with Gasteiger partial charge in [-0.2, -0.15) is 0 Å². The summed E-state index contributed by atoms with van der Waals surface area (Å²) in [6.07, 6.45) is 5.86. The zero-order chi connectivity index (χ0) is 26.4. The van der Waals surface area contributed by atoms with Gasteiger partial charge in [-0.1, -0.05) is 49.8 Å². The van der Waals surface area contributed by atoms with Crippen molar-refractivity contribution in [2.45, 2.75) is 51.7 Å². The Hall–Kier alpha value is -3.57. The number of hydrogen-bond acceptors (Lipinski definition) is 5. The minimum Gasteiger partial charge on any atom is -0.472 e. The minimum absolute atomic E-state index is 0.123. The number of aliphatic hydroxyl groups is 1. The Kier molecular flexibility index (Phi) is 8.67. The molecule has 2 aliphatic rings. The Bertz CT molecular complexity index is 1150. The zero-order valence-corrected chi connectivity index (χ0v) is 21.8. The van der Waals surface area contributed by atoms with Crippen LogP contribution in [0.15, 0.2) is 42.6 Å². The van der Waals surface area contributed by atoms with E-state index in [0.717, 1.165) is 12.8 Å². The van der Waals surface area contributed by atoms with Crippen LogP contribution in [0.3, 0.4) is 0 Å². The molecule has 1 aromatic heterocycles. The maximum Gasteiger partial charge on any atom is 0.321 e. The number of nitrogens with one attached hydrogen (secondary N) is 1. The topological polar surface area (TPSA) is 95.0 Å². The lowest BCUT2D eigenvalue weighted by atomic mass is 10.00. The third-order valence-electron chi connectivity index (χ3n) is 7.12. The van der Waals surface area contributed by atoms with Gasteiger partial charge >= 0.3 is 6.03 Å². The van der Waals surface area contributed by atoms with E-state index < -0.39 is 6.10 Å². The number of aromatic nitrogens is 1. The van der Waals surface area contributed by atoms with E-state index in [-0.39, 0.29) is 36.4 Å². The summed E-state index contributed by atoms with van der Waals surface area (Å²) in [5, 5.41) is 12.7. The summed E-state index contributed by atoms with van der Waals surface area (Å²) in [6.45, 7) is 4.30. The van der Waals surface area contributed by atoms with Gasteiger partial charge in [-0.05, 0) is 38.0 Å². The van der Waals surface area contributed by atoms with Crippen LogP contribution in [-0.4, -0.2) is 70.7 Å². The number of aliphatic hydroxyl groups excluding tert-OH is 1. The molecule has 8 nitrogen and oxygen atoms in total. The molecule has 196 valence electrons. The molecule has 37 heavy (non-hydrogen) atoms. The number of carbonyl (C=O) groups is 2. The van der Waals surface area contributed by atoms with Crippen molar-refractivity contribution in [1.29, 1.82) is 0 Å². The summed E-state index contributed by atoms with van der Waals surface area (Å²) in [7, 11) is 1.71. The molecule has 0 radical (unpaired) electrons. The lowest BCUT2D eigenvalue weighted by Gasteiger charge is -2.37. The van der Waals surface area contributed by atoms with Crippen LogP contribution in [-0.2, 0) is 0 Å². The van der Waals surface area contributed by atoms with Crippen LogP contribution in [0.1, 0.15) is 55.5 Å². The van der Waals surface area contributed by atoms with Gasteiger partial charge in [0.05, 0.1) is 19.2 Å². The Morgan fingerprint density at radius 2 is 2.03 bits per heavy atom. The number of carbonyl (C=O) groups excluding carboxylic acids is 2. The van der Waals surface area contributed by atoms with Gasteiger partial charge < -0.3 is 25.0 Å². The molecule has 4 rings (SSSR count). The van der Waals surface area contributed by atoms with Crippen LogP contribution in [0.25, 0.3) is 0 Å². The number of likely N-dealkylation sites (N-methyl/N-ethyl adjacent to an activating group) is 1. The average Bonchev–Trinajstić information content (AvgIpc) is 3.43. The first kappa shape index (κ1) is 26.5. The largest absolute Gasteiger partial charge is 0.472 e. The second-order valence-electron chi connectivity index (χ2n) is 10.1. The van der Waals surface area contributed by atoms with E-state index in [4.69, 9.17) is 4.74 Å². The molecule has 1 aliphatic heterocycles. The molecule has 3 atom stereocenters. The molecule has 8 heteroatoms. The van der Waals surface area contributed by atoms with Crippen LogP contribution in [0, 0.1) is 23.7 Å². The van der Waals surface area contributed by atoms with Gasteiger partial charge in [0.2, 0.25) is 5.88 Å². The molecule has 0 bridgehead atoms. The minimum atomic E-state index is -0.422. The number of hydrogen-bond donors (Lipinski definition) is 2. The molecule has 2 heterocycles. The molecule has 1 fully saturated rings. The van der Waals surface area contributed by atoms with Gasteiger partial charge in [0, 0.05) is 42.9 Å². The Morgan fingerprint density at radius 3 is 2.73 bits per heavy atom. The van der Waals surface area contributed by atoms with E-state index in [1.54, 1.807) is 29.1 Å². The SMILES string of the molecule is C[C@@H]1CN([C@@H](C)CO)C(=O)c2cc(C#CC3CCCC3)cnc2O[C@H]1CN(C)C(=O)Nc1ccccc1. The first-order chi connectivity index (χ1) is 17.9. The number of para-hydroxylation sites is 1. The highest BCUT2D eigenvalue weighted by atomic mass is 16.5. The molecule has 0 spiro atoms. The van der Waals surface area contributed by atoms with Gasteiger partial charge in [-0.3, -0.25) is 4.79 Å². The molecule has 1 saturated carbocycles. The predicted molar refractivity (Wildman–Crippen MR) is 142 cm³/mol. The van der Waals surface area contributed by atoms with Crippen LogP contribution < -0.4 is 10.1 Å². The third-order valence-corrected chi connectivity index (χ3v) is 7.12. The monoisotopic (exact) mass is 504 g/mol. The van der Waals surface area contributed by atoms with Crippen LogP contribution in [0.4, 0.5) is 10.5 Å². The van der Waals surface area contributed by atoms with Crippen LogP contribution in [0.5, 0.6) is 5.88 Å². The third kappa shape index (κ3) is 6.60. The summed E-state index contributed by atoms with van der Waals surface area (Å²) in [5.41, 5.74) is 1.70. The van der Waals surface area contributed by atoms with Crippen LogP contribution >= 0.6 is 0 Å². The number of urea groups is 1. The molecule has 2 aromatic rings. The fraction of sp³-hybridized carbons (Fsp3) is 0.483. The molecule has 0 saturated heterocycles. The zero-order valence-electron chi connectivity index (χ0n) is 21.8. The van der Waals surface area contributed by atoms with Gasteiger partial charge in [-0.15, -0.1) is 0 Å². The van der Waals surface area contributed by atoms with Crippen molar-refractivity contribution in [3.63, 3.8) is 0 Å². The number of rotatable bonds is 5. The Balaban J connectivity index is 1.58. The van der Waals surface area contributed by atoms with E-state index in [9.17, 15) is 14.7 Å².